The van der Waals surface area contributed by atoms with Gasteiger partial charge in [0.05, 0.1) is 25.5 Å². The first kappa shape index (κ1) is 24.0. The van der Waals surface area contributed by atoms with E-state index in [1.807, 2.05) is 42.3 Å². The molecule has 2 fully saturated rings. The number of ether oxygens (including phenoxy) is 2. The van der Waals surface area contributed by atoms with Crippen LogP contribution in [0, 0.1) is 19.3 Å². The number of hydrogen-bond donors (Lipinski definition) is 0. The predicted octanol–water partition coefficient (Wildman–Crippen LogP) is 4.26. The van der Waals surface area contributed by atoms with Crippen molar-refractivity contribution in [1.82, 2.24) is 14.8 Å². The van der Waals surface area contributed by atoms with Crippen molar-refractivity contribution in [3.63, 3.8) is 0 Å². The molecule has 0 N–H and O–H groups in total. The molecule has 1 aromatic carbocycles. The fourth-order valence-electron chi connectivity index (χ4n) is 4.84. The summed E-state index contributed by atoms with van der Waals surface area (Å²) in [6.07, 6.45) is 4.34. The Morgan fingerprint density at radius 3 is 2.76 bits per heavy atom. The lowest BCUT2D eigenvalue weighted by atomic mass is 9.77. The van der Waals surface area contributed by atoms with Gasteiger partial charge in [0.1, 0.15) is 5.75 Å². The van der Waals surface area contributed by atoms with Gasteiger partial charge in [0.2, 0.25) is 5.91 Å². The van der Waals surface area contributed by atoms with Gasteiger partial charge in [0, 0.05) is 49.2 Å². The number of aromatic nitrogens is 1. The molecule has 0 bridgehead atoms. The number of halogens is 1. The Bertz CT molecular complexity index is 964. The molecular formula is C26H34ClN3O3. The molecule has 2 saturated heterocycles. The molecule has 2 aliphatic heterocycles. The Morgan fingerprint density at radius 1 is 1.18 bits per heavy atom. The first-order valence-corrected chi connectivity index (χ1v) is 12.2. The lowest BCUT2D eigenvalue weighted by molar-refractivity contribution is -0.139. The highest BCUT2D eigenvalue weighted by atomic mass is 35.5. The van der Waals surface area contributed by atoms with Crippen LogP contribution < -0.4 is 4.74 Å². The third-order valence-corrected chi connectivity index (χ3v) is 7.22. The first-order chi connectivity index (χ1) is 15.9. The molecule has 2 aliphatic rings. The molecule has 1 aromatic heterocycles. The van der Waals surface area contributed by atoms with Crippen LogP contribution in [0.5, 0.6) is 5.75 Å². The van der Waals surface area contributed by atoms with Crippen molar-refractivity contribution in [2.75, 3.05) is 46.0 Å². The van der Waals surface area contributed by atoms with Gasteiger partial charge in [-0.1, -0.05) is 17.7 Å². The van der Waals surface area contributed by atoms with Crippen molar-refractivity contribution in [2.24, 2.45) is 5.41 Å². The zero-order chi connectivity index (χ0) is 23.3. The molecule has 33 heavy (non-hydrogen) atoms. The van der Waals surface area contributed by atoms with E-state index in [0.29, 0.717) is 39.3 Å². The number of aryl methyl sites for hydroxylation is 2. The number of amides is 1. The predicted molar refractivity (Wildman–Crippen MR) is 130 cm³/mol. The molecule has 1 atom stereocenters. The second-order valence-electron chi connectivity index (χ2n) is 9.45. The van der Waals surface area contributed by atoms with Crippen LogP contribution in [0.15, 0.2) is 36.5 Å². The van der Waals surface area contributed by atoms with Crippen LogP contribution >= 0.6 is 11.6 Å². The van der Waals surface area contributed by atoms with E-state index in [4.69, 9.17) is 21.1 Å². The Kier molecular flexibility index (Phi) is 7.89. The minimum absolute atomic E-state index is 0.199. The summed E-state index contributed by atoms with van der Waals surface area (Å²) < 4.78 is 11.7. The average Bonchev–Trinajstić information content (AvgIpc) is 2.82. The zero-order valence-corrected chi connectivity index (χ0v) is 20.4. The fraction of sp³-hybridized carbons (Fsp3) is 0.538. The summed E-state index contributed by atoms with van der Waals surface area (Å²) in [5.74, 6) is 0.998. The van der Waals surface area contributed by atoms with E-state index < -0.39 is 0 Å². The molecule has 2 aromatic rings. The Morgan fingerprint density at radius 2 is 2.00 bits per heavy atom. The van der Waals surface area contributed by atoms with Gasteiger partial charge >= 0.3 is 0 Å². The van der Waals surface area contributed by atoms with Gasteiger partial charge in [-0.3, -0.25) is 14.7 Å². The summed E-state index contributed by atoms with van der Waals surface area (Å²) >= 11 is 6.19. The van der Waals surface area contributed by atoms with Gasteiger partial charge < -0.3 is 14.4 Å². The minimum Gasteiger partial charge on any atom is -0.493 e. The van der Waals surface area contributed by atoms with Crippen molar-refractivity contribution in [3.8, 4) is 5.75 Å². The molecular weight excluding hydrogens is 438 g/mol. The summed E-state index contributed by atoms with van der Waals surface area (Å²) in [5, 5.41) is 0.731. The first-order valence-electron chi connectivity index (χ1n) is 11.8. The number of carbonyl (C=O) groups is 1. The van der Waals surface area contributed by atoms with Crippen molar-refractivity contribution < 1.29 is 14.3 Å². The SMILES string of the molecule is Cc1cc(OC[C@@]2(CC(=O)N3CCOCC3)CCCN(Cc3ncccc3C)C2)ccc1Cl. The molecule has 0 spiro atoms. The highest BCUT2D eigenvalue weighted by Crippen LogP contribution is 2.36. The average molecular weight is 472 g/mol. The number of piperidine rings is 1. The van der Waals surface area contributed by atoms with Gasteiger partial charge in [-0.05, 0) is 68.6 Å². The van der Waals surface area contributed by atoms with Gasteiger partial charge in [-0.2, -0.15) is 0 Å². The highest BCUT2D eigenvalue weighted by molar-refractivity contribution is 6.31. The van der Waals surface area contributed by atoms with E-state index in [-0.39, 0.29) is 11.3 Å². The van der Waals surface area contributed by atoms with Crippen LogP contribution in [0.4, 0.5) is 0 Å². The number of carbonyl (C=O) groups excluding carboxylic acids is 1. The third kappa shape index (κ3) is 6.25. The Labute approximate surface area is 201 Å². The number of nitrogens with zero attached hydrogens (tertiary/aromatic N) is 3. The fourth-order valence-corrected chi connectivity index (χ4v) is 4.96. The normalized spacial score (nSPS) is 21.7. The smallest absolute Gasteiger partial charge is 0.223 e. The van der Waals surface area contributed by atoms with Crippen molar-refractivity contribution >= 4 is 17.5 Å². The Balaban J connectivity index is 1.51. The number of pyridine rings is 1. The molecule has 1 amide bonds. The summed E-state index contributed by atoms with van der Waals surface area (Å²) in [7, 11) is 0. The monoisotopic (exact) mass is 471 g/mol. The van der Waals surface area contributed by atoms with Crippen LogP contribution in [0.25, 0.3) is 0 Å². The van der Waals surface area contributed by atoms with Crippen LogP contribution in [0.2, 0.25) is 5.02 Å². The number of benzene rings is 1. The van der Waals surface area contributed by atoms with E-state index in [1.54, 1.807) is 0 Å². The second kappa shape index (κ2) is 10.9. The number of rotatable bonds is 7. The van der Waals surface area contributed by atoms with Crippen molar-refractivity contribution in [1.29, 1.82) is 0 Å². The van der Waals surface area contributed by atoms with Crippen LogP contribution in [-0.2, 0) is 16.1 Å². The van der Waals surface area contributed by atoms with E-state index in [9.17, 15) is 4.79 Å². The highest BCUT2D eigenvalue weighted by Gasteiger charge is 2.40. The molecule has 0 saturated carbocycles. The maximum atomic E-state index is 13.3. The van der Waals surface area contributed by atoms with Crippen LogP contribution in [0.3, 0.4) is 0 Å². The quantitative estimate of drug-likeness (QED) is 0.603. The van der Waals surface area contributed by atoms with E-state index in [1.165, 1.54) is 5.56 Å². The second-order valence-corrected chi connectivity index (χ2v) is 9.86. The summed E-state index contributed by atoms with van der Waals surface area (Å²) in [4.78, 5) is 22.2. The maximum absolute atomic E-state index is 13.3. The van der Waals surface area contributed by atoms with E-state index in [2.05, 4.69) is 22.9 Å². The summed E-state index contributed by atoms with van der Waals surface area (Å²) in [6.45, 7) is 9.76. The zero-order valence-electron chi connectivity index (χ0n) is 19.7. The lowest BCUT2D eigenvalue weighted by Gasteiger charge is -2.43. The van der Waals surface area contributed by atoms with Crippen molar-refractivity contribution in [3.05, 3.63) is 58.4 Å². The summed E-state index contributed by atoms with van der Waals surface area (Å²) in [6, 6.07) is 9.83. The van der Waals surface area contributed by atoms with Crippen molar-refractivity contribution in [2.45, 2.75) is 39.7 Å². The minimum atomic E-state index is -0.246. The van der Waals surface area contributed by atoms with Crippen LogP contribution in [-0.4, -0.2) is 66.7 Å². The standard InChI is InChI=1S/C26H34ClN3O3/c1-20-5-3-9-28-24(20)17-29-10-4-8-26(18-29,16-25(31)30-11-13-32-14-12-30)19-33-22-6-7-23(27)21(2)15-22/h3,5-7,9,15H,4,8,10-14,16-19H2,1-2H3/t26-/m1/s1. The maximum Gasteiger partial charge on any atom is 0.223 e. The number of morpholine rings is 1. The molecule has 3 heterocycles. The van der Waals surface area contributed by atoms with Crippen LogP contribution in [0.1, 0.15) is 36.1 Å². The topological polar surface area (TPSA) is 54.9 Å². The van der Waals surface area contributed by atoms with Gasteiger partial charge in [-0.15, -0.1) is 0 Å². The van der Waals surface area contributed by atoms with Gasteiger partial charge in [-0.25, -0.2) is 0 Å². The molecule has 178 valence electrons. The van der Waals surface area contributed by atoms with E-state index >= 15 is 0 Å². The third-order valence-electron chi connectivity index (χ3n) is 6.80. The molecule has 6 nitrogen and oxygen atoms in total. The molecule has 4 rings (SSSR count). The molecule has 0 radical (unpaired) electrons. The molecule has 7 heteroatoms. The van der Waals surface area contributed by atoms with Gasteiger partial charge in [0.25, 0.3) is 0 Å². The lowest BCUT2D eigenvalue weighted by Crippen LogP contribution is -2.50. The number of hydrogen-bond acceptors (Lipinski definition) is 5. The molecule has 0 unspecified atom stereocenters. The Hall–Kier alpha value is -2.15. The molecule has 0 aliphatic carbocycles. The summed E-state index contributed by atoms with van der Waals surface area (Å²) in [5.41, 5.74) is 3.04. The van der Waals surface area contributed by atoms with Gasteiger partial charge in [0.15, 0.2) is 0 Å². The largest absolute Gasteiger partial charge is 0.493 e. The van der Waals surface area contributed by atoms with E-state index in [0.717, 1.165) is 54.5 Å². The number of likely N-dealkylation sites (tertiary alicyclic amines) is 1.